The summed E-state index contributed by atoms with van der Waals surface area (Å²) in [6.45, 7) is 2.57. The fraction of sp³-hybridized carbons (Fsp3) is 0.529. The van der Waals surface area contributed by atoms with Crippen LogP contribution in [0.15, 0.2) is 4.79 Å². The summed E-state index contributed by atoms with van der Waals surface area (Å²) in [7, 11) is 1.57. The van der Waals surface area contributed by atoms with Crippen molar-refractivity contribution in [1.29, 1.82) is 0 Å². The van der Waals surface area contributed by atoms with Crippen LogP contribution in [0.5, 0.6) is 0 Å². The third kappa shape index (κ3) is 3.30. The third-order valence-corrected chi connectivity index (χ3v) is 5.79. The minimum Gasteiger partial charge on any atom is -0.481 e. The van der Waals surface area contributed by atoms with Crippen molar-refractivity contribution in [3.8, 4) is 0 Å². The molecule has 1 N–H and O–H groups in total. The number of aliphatic carboxylic acids is 1. The van der Waals surface area contributed by atoms with Gasteiger partial charge in [-0.25, -0.2) is 4.98 Å². The smallest absolute Gasteiger partial charge is 0.305 e. The molecule has 134 valence electrons. The molecule has 1 aliphatic rings. The van der Waals surface area contributed by atoms with Crippen molar-refractivity contribution < 1.29 is 14.7 Å². The number of carboxylic acid groups (broad SMARTS) is 1. The number of fused-ring (bicyclic) bond motifs is 2. The van der Waals surface area contributed by atoms with Crippen molar-refractivity contribution in [2.45, 2.75) is 45.6 Å². The van der Waals surface area contributed by atoms with Gasteiger partial charge in [-0.3, -0.25) is 19.0 Å². The van der Waals surface area contributed by atoms with Crippen LogP contribution in [0.3, 0.4) is 0 Å². The first-order valence-electron chi connectivity index (χ1n) is 8.40. The number of hydrogen-bond acceptors (Lipinski definition) is 5. The lowest BCUT2D eigenvalue weighted by Crippen LogP contribution is -2.29. The highest BCUT2D eigenvalue weighted by atomic mass is 32.1. The molecule has 0 unspecified atom stereocenters. The first-order chi connectivity index (χ1) is 11.9. The molecule has 3 rings (SSSR count). The Balaban J connectivity index is 2.02. The molecule has 0 aromatic carbocycles. The van der Waals surface area contributed by atoms with Crippen molar-refractivity contribution in [3.63, 3.8) is 0 Å². The van der Waals surface area contributed by atoms with E-state index in [0.717, 1.165) is 31.5 Å². The summed E-state index contributed by atoms with van der Waals surface area (Å²) < 4.78 is 1.75. The number of hydrogen-bond donors (Lipinski definition) is 1. The predicted octanol–water partition coefficient (Wildman–Crippen LogP) is 2.04. The molecule has 0 saturated carbocycles. The molecule has 0 saturated heterocycles. The van der Waals surface area contributed by atoms with E-state index in [1.165, 1.54) is 16.2 Å². The average Bonchev–Trinajstić information content (AvgIpc) is 2.74. The number of carbonyl (C=O) groups excluding carboxylic acids is 1. The molecule has 1 aliphatic heterocycles. The summed E-state index contributed by atoms with van der Waals surface area (Å²) >= 11 is 1.23. The van der Waals surface area contributed by atoms with Crippen molar-refractivity contribution in [3.05, 3.63) is 26.6 Å². The van der Waals surface area contributed by atoms with Gasteiger partial charge in [0.15, 0.2) is 0 Å². The molecule has 0 bridgehead atoms. The fourth-order valence-corrected chi connectivity index (χ4v) is 4.34. The molecule has 0 atom stereocenters. The summed E-state index contributed by atoms with van der Waals surface area (Å²) in [5.74, 6) is -0.410. The first-order valence-corrected chi connectivity index (χ1v) is 9.22. The zero-order valence-corrected chi connectivity index (χ0v) is 15.2. The molecule has 3 heterocycles. The van der Waals surface area contributed by atoms with Gasteiger partial charge in [-0.05, 0) is 25.3 Å². The number of carbonyl (C=O) groups is 2. The lowest BCUT2D eigenvalue weighted by Gasteiger charge is -2.15. The molecule has 7 nitrogen and oxygen atoms in total. The van der Waals surface area contributed by atoms with Crippen LogP contribution in [0, 0.1) is 6.92 Å². The Bertz CT molecular complexity index is 899. The van der Waals surface area contributed by atoms with Crippen molar-refractivity contribution in [2.75, 3.05) is 13.6 Å². The van der Waals surface area contributed by atoms with Gasteiger partial charge in [-0.15, -0.1) is 11.3 Å². The standard InChI is InChI=1S/C17H21N3O4S/c1-10-13-15(18-11-6-4-3-5-8-20(11)16(13)23)25-14(10)17(24)19(2)9-7-12(21)22/h3-9H2,1-2H3,(H,21,22). The van der Waals surface area contributed by atoms with Crippen LogP contribution in [0.25, 0.3) is 10.2 Å². The highest BCUT2D eigenvalue weighted by Crippen LogP contribution is 2.29. The number of amides is 1. The number of carboxylic acids is 1. The van der Waals surface area contributed by atoms with Gasteiger partial charge in [0, 0.05) is 26.6 Å². The molecule has 0 radical (unpaired) electrons. The van der Waals surface area contributed by atoms with Crippen molar-refractivity contribution >= 4 is 33.4 Å². The SMILES string of the molecule is Cc1c(C(=O)N(C)CCC(=O)O)sc2nc3n(c(=O)c12)CCCCC3. The molecule has 25 heavy (non-hydrogen) atoms. The Labute approximate surface area is 148 Å². The van der Waals surface area contributed by atoms with Crippen LogP contribution >= 0.6 is 11.3 Å². The molecular formula is C17H21N3O4S. The minimum absolute atomic E-state index is 0.0668. The van der Waals surface area contributed by atoms with Crippen LogP contribution in [0.2, 0.25) is 0 Å². The van der Waals surface area contributed by atoms with Gasteiger partial charge < -0.3 is 10.0 Å². The molecule has 8 heteroatoms. The van der Waals surface area contributed by atoms with Gasteiger partial charge in [0.1, 0.15) is 10.7 Å². The summed E-state index contributed by atoms with van der Waals surface area (Å²) in [5, 5.41) is 9.29. The highest BCUT2D eigenvalue weighted by Gasteiger charge is 2.24. The van der Waals surface area contributed by atoms with E-state index in [1.807, 2.05) is 0 Å². The van der Waals surface area contributed by atoms with Crippen molar-refractivity contribution in [1.82, 2.24) is 14.5 Å². The maximum absolute atomic E-state index is 12.9. The summed E-state index contributed by atoms with van der Waals surface area (Å²) in [6, 6.07) is 0. The van der Waals surface area contributed by atoms with Gasteiger partial charge in [-0.1, -0.05) is 6.42 Å². The molecule has 2 aromatic heterocycles. The van der Waals surface area contributed by atoms with Gasteiger partial charge in [0.25, 0.3) is 11.5 Å². The normalized spacial score (nSPS) is 14.2. The van der Waals surface area contributed by atoms with Crippen LogP contribution in [-0.2, 0) is 17.8 Å². The number of nitrogens with zero attached hydrogens (tertiary/aromatic N) is 3. The van der Waals surface area contributed by atoms with Crippen molar-refractivity contribution in [2.24, 2.45) is 0 Å². The maximum Gasteiger partial charge on any atom is 0.305 e. The number of aryl methyl sites for hydroxylation is 2. The Hall–Kier alpha value is -2.22. The van der Waals surface area contributed by atoms with E-state index in [1.54, 1.807) is 18.5 Å². The number of thiophene rings is 1. The molecule has 0 aliphatic carbocycles. The topological polar surface area (TPSA) is 92.5 Å². The van der Waals surface area contributed by atoms with Crippen LogP contribution in [-0.4, -0.2) is 45.0 Å². The zero-order chi connectivity index (χ0) is 18.1. The lowest BCUT2D eigenvalue weighted by atomic mass is 10.2. The Morgan fingerprint density at radius 3 is 2.80 bits per heavy atom. The van der Waals surface area contributed by atoms with Gasteiger partial charge in [0.05, 0.1) is 16.7 Å². The van der Waals surface area contributed by atoms with Gasteiger partial charge in [-0.2, -0.15) is 0 Å². The molecule has 0 spiro atoms. The quantitative estimate of drug-likeness (QED) is 0.897. The molecular weight excluding hydrogens is 342 g/mol. The second-order valence-electron chi connectivity index (χ2n) is 6.40. The maximum atomic E-state index is 12.9. The Kier molecular flexibility index (Phi) is 4.89. The van der Waals surface area contributed by atoms with E-state index in [0.29, 0.717) is 27.2 Å². The van der Waals surface area contributed by atoms with E-state index in [-0.39, 0.29) is 24.4 Å². The summed E-state index contributed by atoms with van der Waals surface area (Å²) in [4.78, 5) is 43.3. The Morgan fingerprint density at radius 1 is 1.32 bits per heavy atom. The van der Waals surface area contributed by atoms with Gasteiger partial charge >= 0.3 is 5.97 Å². The summed E-state index contributed by atoms with van der Waals surface area (Å²) in [5.41, 5.74) is 0.576. The molecule has 1 amide bonds. The molecule has 0 fully saturated rings. The number of rotatable bonds is 4. The minimum atomic E-state index is -0.948. The summed E-state index contributed by atoms with van der Waals surface area (Å²) in [6.07, 6.45) is 3.75. The predicted molar refractivity (Wildman–Crippen MR) is 95.4 cm³/mol. The highest BCUT2D eigenvalue weighted by molar-refractivity contribution is 7.20. The van der Waals surface area contributed by atoms with E-state index in [2.05, 4.69) is 4.98 Å². The second kappa shape index (κ2) is 6.95. The van der Waals surface area contributed by atoms with E-state index in [4.69, 9.17) is 5.11 Å². The van der Waals surface area contributed by atoms with E-state index in [9.17, 15) is 14.4 Å². The van der Waals surface area contributed by atoms with E-state index < -0.39 is 5.97 Å². The van der Waals surface area contributed by atoms with Crippen LogP contribution in [0.4, 0.5) is 0 Å². The van der Waals surface area contributed by atoms with Crippen LogP contribution in [0.1, 0.15) is 46.7 Å². The average molecular weight is 363 g/mol. The lowest BCUT2D eigenvalue weighted by molar-refractivity contribution is -0.137. The third-order valence-electron chi connectivity index (χ3n) is 4.61. The Morgan fingerprint density at radius 2 is 2.08 bits per heavy atom. The first kappa shape index (κ1) is 17.6. The van der Waals surface area contributed by atoms with E-state index >= 15 is 0 Å². The van der Waals surface area contributed by atoms with Crippen LogP contribution < -0.4 is 5.56 Å². The second-order valence-corrected chi connectivity index (χ2v) is 7.40. The number of aromatic nitrogens is 2. The van der Waals surface area contributed by atoms with Gasteiger partial charge in [0.2, 0.25) is 0 Å². The molecule has 2 aromatic rings. The largest absolute Gasteiger partial charge is 0.481 e. The zero-order valence-electron chi connectivity index (χ0n) is 14.4. The monoisotopic (exact) mass is 363 g/mol. The fourth-order valence-electron chi connectivity index (χ4n) is 3.15.